The molecular weight excluding hydrogens is 414 g/mol. The van der Waals surface area contributed by atoms with Gasteiger partial charge in [0, 0.05) is 0 Å². The Morgan fingerprint density at radius 1 is 0.522 bits per heavy atom. The SMILES string of the molecule is CC1=C(C)[C](C)([Rh-]([Cl])([Cl])[C]2(C)C(C)=C(C)C(C)=C2C)C(C)=C1C. The molecule has 0 aromatic rings. The first-order chi connectivity index (χ1) is 10.3. The molecule has 0 atom stereocenters. The van der Waals surface area contributed by atoms with E-state index in [4.69, 9.17) is 19.4 Å². The number of hydrogen-bond donors (Lipinski definition) is 0. The van der Waals surface area contributed by atoms with Crippen LogP contribution in [0.15, 0.2) is 44.6 Å². The maximum absolute atomic E-state index is 7.46. The van der Waals surface area contributed by atoms with E-state index >= 15 is 0 Å². The van der Waals surface area contributed by atoms with Gasteiger partial charge in [0.2, 0.25) is 0 Å². The molecule has 0 spiro atoms. The monoisotopic (exact) mass is 443 g/mol. The zero-order valence-electron chi connectivity index (χ0n) is 16.1. The van der Waals surface area contributed by atoms with Gasteiger partial charge in [-0.2, -0.15) is 0 Å². The van der Waals surface area contributed by atoms with Gasteiger partial charge in [0.15, 0.2) is 0 Å². The van der Waals surface area contributed by atoms with E-state index < -0.39 is 12.8 Å². The zero-order chi connectivity index (χ0) is 18.1. The second kappa shape index (κ2) is 5.58. The summed E-state index contributed by atoms with van der Waals surface area (Å²) >= 11 is -3.07. The molecule has 3 heteroatoms. The molecule has 0 nitrogen and oxygen atoms in total. The minimum absolute atomic E-state index is 0.209. The van der Waals surface area contributed by atoms with Crippen LogP contribution in [0.1, 0.15) is 69.2 Å². The summed E-state index contributed by atoms with van der Waals surface area (Å²) in [4.78, 5) is 0. The quantitative estimate of drug-likeness (QED) is 0.377. The van der Waals surface area contributed by atoms with Crippen LogP contribution >= 0.6 is 19.4 Å². The molecule has 134 valence electrons. The first-order valence-corrected chi connectivity index (χ1v) is 13.9. The molecule has 0 unspecified atom stereocenters. The Balaban J connectivity index is 2.80. The molecule has 0 fully saturated rings. The van der Waals surface area contributed by atoms with Crippen molar-refractivity contribution in [3.05, 3.63) is 44.6 Å². The molecule has 0 heterocycles. The average molecular weight is 444 g/mol. The van der Waals surface area contributed by atoms with Crippen LogP contribution in [0.5, 0.6) is 0 Å². The van der Waals surface area contributed by atoms with E-state index in [1.807, 2.05) is 0 Å². The Hall–Kier alpha value is 0.163. The molecule has 0 radical (unpaired) electrons. The van der Waals surface area contributed by atoms with Gasteiger partial charge in [-0.15, -0.1) is 0 Å². The molecule has 0 aromatic heterocycles. The van der Waals surface area contributed by atoms with E-state index in [0.717, 1.165) is 0 Å². The molecular formula is C20H30Cl2Rh-. The van der Waals surface area contributed by atoms with Gasteiger partial charge >= 0.3 is 154 Å². The van der Waals surface area contributed by atoms with Crippen molar-refractivity contribution in [1.29, 1.82) is 0 Å². The molecule has 0 aromatic carbocycles. The molecule has 2 rings (SSSR count). The summed E-state index contributed by atoms with van der Waals surface area (Å²) in [6.07, 6.45) is 0. The van der Waals surface area contributed by atoms with Gasteiger partial charge in [-0.25, -0.2) is 0 Å². The third kappa shape index (κ3) is 2.06. The average Bonchev–Trinajstić information content (AvgIpc) is 2.76. The number of hydrogen-bond acceptors (Lipinski definition) is 0. The summed E-state index contributed by atoms with van der Waals surface area (Å²) in [6.45, 7) is 22.3. The van der Waals surface area contributed by atoms with Gasteiger partial charge in [0.25, 0.3) is 0 Å². The minimum atomic E-state index is -3.07. The molecule has 0 N–H and O–H groups in total. The van der Waals surface area contributed by atoms with Gasteiger partial charge in [-0.3, -0.25) is 0 Å². The first kappa shape index (κ1) is 19.5. The summed E-state index contributed by atoms with van der Waals surface area (Å²) in [7, 11) is 14.9. The van der Waals surface area contributed by atoms with Crippen molar-refractivity contribution < 1.29 is 12.8 Å². The Bertz CT molecular complexity index is 606. The van der Waals surface area contributed by atoms with Crippen LogP contribution in [0, 0.1) is 0 Å². The predicted octanol–water partition coefficient (Wildman–Crippen LogP) is 8.18. The summed E-state index contributed by atoms with van der Waals surface area (Å²) in [6, 6.07) is 0. The van der Waals surface area contributed by atoms with Crippen molar-refractivity contribution in [3.8, 4) is 0 Å². The normalized spacial score (nSPS) is 25.2. The van der Waals surface area contributed by atoms with Crippen LogP contribution in [-0.2, 0) is 12.8 Å². The molecule has 0 bridgehead atoms. The Kier molecular flexibility index (Phi) is 4.73. The summed E-state index contributed by atoms with van der Waals surface area (Å²) in [5.74, 6) is 0. The van der Waals surface area contributed by atoms with Gasteiger partial charge in [-0.1, -0.05) is 0 Å². The zero-order valence-corrected chi connectivity index (χ0v) is 19.2. The van der Waals surface area contributed by atoms with E-state index in [9.17, 15) is 0 Å². The van der Waals surface area contributed by atoms with Gasteiger partial charge in [-0.05, 0) is 0 Å². The van der Waals surface area contributed by atoms with E-state index in [1.165, 1.54) is 44.6 Å². The van der Waals surface area contributed by atoms with Crippen LogP contribution in [0.3, 0.4) is 0 Å². The van der Waals surface area contributed by atoms with Crippen molar-refractivity contribution in [1.82, 2.24) is 0 Å². The Morgan fingerprint density at radius 2 is 0.696 bits per heavy atom. The standard InChI is InChI=1S/2C10H15.2ClH.Rh/c2*1-6-7(2)9(4)10(5)8(6)3;;;/h2*1-5H3;2*1H;/q;;;;+1/p-2. The van der Waals surface area contributed by atoms with Crippen LogP contribution in [0.2, 0.25) is 8.02 Å². The fraction of sp³-hybridized carbons (Fsp3) is 0.600. The molecule has 0 amide bonds. The Labute approximate surface area is 153 Å². The second-order valence-corrected chi connectivity index (χ2v) is 17.7. The molecule has 0 saturated carbocycles. The third-order valence-electron chi connectivity index (χ3n) is 6.96. The first-order valence-electron chi connectivity index (χ1n) is 8.09. The number of allylic oxidation sites excluding steroid dienone is 8. The van der Waals surface area contributed by atoms with Gasteiger partial charge in [0.1, 0.15) is 0 Å². The maximum atomic E-state index is 7.46. The van der Waals surface area contributed by atoms with Crippen LogP contribution in [0.4, 0.5) is 0 Å². The molecule has 23 heavy (non-hydrogen) atoms. The van der Waals surface area contributed by atoms with Crippen LogP contribution < -0.4 is 0 Å². The van der Waals surface area contributed by atoms with Crippen LogP contribution in [0.25, 0.3) is 0 Å². The van der Waals surface area contributed by atoms with Crippen LogP contribution in [-0.4, -0.2) is 0 Å². The molecule has 2 aliphatic carbocycles. The van der Waals surface area contributed by atoms with Crippen molar-refractivity contribution >= 4 is 19.4 Å². The summed E-state index contributed by atoms with van der Waals surface area (Å²) in [5.41, 5.74) is 10.9. The van der Waals surface area contributed by atoms with E-state index in [0.29, 0.717) is 0 Å². The summed E-state index contributed by atoms with van der Waals surface area (Å²) < 4.78 is -0.417. The van der Waals surface area contributed by atoms with Gasteiger partial charge in [0.05, 0.1) is 0 Å². The number of rotatable bonds is 2. The van der Waals surface area contributed by atoms with Crippen molar-refractivity contribution in [3.63, 3.8) is 0 Å². The fourth-order valence-corrected chi connectivity index (χ4v) is 14.5. The molecule has 2 aliphatic rings. The summed E-state index contributed by atoms with van der Waals surface area (Å²) in [5, 5.41) is 0. The third-order valence-corrected chi connectivity index (χ3v) is 19.5. The Morgan fingerprint density at radius 3 is 0.870 bits per heavy atom. The van der Waals surface area contributed by atoms with Crippen molar-refractivity contribution in [2.75, 3.05) is 0 Å². The van der Waals surface area contributed by atoms with E-state index in [1.54, 1.807) is 0 Å². The van der Waals surface area contributed by atoms with Crippen molar-refractivity contribution in [2.45, 2.75) is 77.3 Å². The van der Waals surface area contributed by atoms with E-state index in [2.05, 4.69) is 69.2 Å². The van der Waals surface area contributed by atoms with Gasteiger partial charge < -0.3 is 0 Å². The molecule has 0 saturated heterocycles. The topological polar surface area (TPSA) is 0 Å². The second-order valence-electron chi connectivity index (χ2n) is 7.30. The number of halogens is 2. The molecule has 0 aliphatic heterocycles. The van der Waals surface area contributed by atoms with Crippen molar-refractivity contribution in [2.24, 2.45) is 0 Å². The van der Waals surface area contributed by atoms with E-state index in [-0.39, 0.29) is 8.02 Å². The fourth-order valence-electron chi connectivity index (χ4n) is 4.02. The predicted molar refractivity (Wildman–Crippen MR) is 102 cm³/mol.